The van der Waals surface area contributed by atoms with Crippen LogP contribution in [0.1, 0.15) is 149 Å². The molecule has 7 heteroatoms. The number of nitrogens with two attached hydrogens (primary N) is 1. The molecule has 2 atom stereocenters. The number of hydrogen-bond acceptors (Lipinski definition) is 5. The van der Waals surface area contributed by atoms with Crippen LogP contribution < -0.4 is 11.1 Å². The van der Waals surface area contributed by atoms with Gasteiger partial charge in [0.25, 0.3) is 0 Å². The maximum Gasteiger partial charge on any atom is 0.326 e. The molecule has 0 rings (SSSR count). The van der Waals surface area contributed by atoms with E-state index in [9.17, 15) is 19.5 Å². The predicted octanol–water partition coefficient (Wildman–Crippen LogP) is 10.6. The molecule has 2 unspecified atom stereocenters. The zero-order valence-corrected chi connectivity index (χ0v) is 31.5. The highest BCUT2D eigenvalue weighted by atomic mass is 16.5. The minimum atomic E-state index is -1.02. The van der Waals surface area contributed by atoms with Crippen LogP contribution in [0.4, 0.5) is 0 Å². The first-order valence-corrected chi connectivity index (χ1v) is 19.4. The van der Waals surface area contributed by atoms with Gasteiger partial charge >= 0.3 is 11.9 Å². The van der Waals surface area contributed by atoms with E-state index in [0.29, 0.717) is 45.1 Å². The number of rotatable bonds is 33. The van der Waals surface area contributed by atoms with Crippen molar-refractivity contribution in [3.63, 3.8) is 0 Å². The molecule has 0 aromatic rings. The van der Waals surface area contributed by atoms with Gasteiger partial charge in [0, 0.05) is 12.8 Å². The van der Waals surface area contributed by atoms with Crippen LogP contribution in [0.5, 0.6) is 0 Å². The Hall–Kier alpha value is -3.45. The van der Waals surface area contributed by atoms with Crippen LogP contribution in [-0.2, 0) is 19.1 Å². The van der Waals surface area contributed by atoms with Crippen LogP contribution in [-0.4, -0.2) is 41.6 Å². The molecule has 0 spiro atoms. The van der Waals surface area contributed by atoms with Crippen LogP contribution in [0, 0.1) is 0 Å². The highest BCUT2D eigenvalue weighted by Gasteiger charge is 2.18. The Labute approximate surface area is 305 Å². The molecule has 0 fully saturated rings. The van der Waals surface area contributed by atoms with E-state index < -0.39 is 12.0 Å². The topological polar surface area (TPSA) is 119 Å². The monoisotopic (exact) mass is 695 g/mol. The first kappa shape index (κ1) is 46.5. The van der Waals surface area contributed by atoms with Crippen LogP contribution in [0.25, 0.3) is 0 Å². The maximum atomic E-state index is 12.6. The minimum absolute atomic E-state index is 0.176. The Bertz CT molecular complexity index is 1050. The third-order valence-corrected chi connectivity index (χ3v) is 7.94. The second-order valence-electron chi connectivity index (χ2n) is 12.6. The molecular weight excluding hydrogens is 624 g/mol. The number of esters is 1. The normalized spacial score (nSPS) is 13.7. The first-order chi connectivity index (χ1) is 24.4. The van der Waals surface area contributed by atoms with E-state index in [1.165, 1.54) is 19.3 Å². The minimum Gasteiger partial charge on any atom is -0.480 e. The molecule has 7 nitrogen and oxygen atoms in total. The summed E-state index contributed by atoms with van der Waals surface area (Å²) in [5, 5.41) is 11.9. The van der Waals surface area contributed by atoms with Gasteiger partial charge in [-0.2, -0.15) is 0 Å². The van der Waals surface area contributed by atoms with Crippen molar-refractivity contribution in [2.24, 2.45) is 5.73 Å². The molecule has 0 aliphatic rings. The van der Waals surface area contributed by atoms with Gasteiger partial charge < -0.3 is 20.9 Å². The standard InChI is InChI=1S/C43H70N2O5/c1-3-5-7-9-11-12-13-14-15-16-17-18-19-20-21-22-23-25-31-37-42(47)50-39(33-28-24-10-8-6-4-2)34-29-26-27-30-36-41(46)45-40(43(48)49)35-32-38-44/h5,7,11-12,14-15,17-18,20-21,23,25,28,33,39-40H,3-4,6,8-10,13,16,19,22,24,26-27,29-32,34-38,44H2,1-2H3,(H,45,46)(H,48,49)/b7-5-,12-11-,15-14-,18-17-,21-20-,25-23-,33-28-. The molecular formula is C43H70N2O5. The third kappa shape index (κ3) is 33.1. The van der Waals surface area contributed by atoms with Crippen LogP contribution in [0.15, 0.2) is 85.1 Å². The molecule has 0 aromatic heterocycles. The highest BCUT2D eigenvalue weighted by molar-refractivity contribution is 5.83. The van der Waals surface area contributed by atoms with Gasteiger partial charge in [-0.25, -0.2) is 4.79 Å². The molecule has 282 valence electrons. The number of carbonyl (C=O) groups excluding carboxylic acids is 2. The lowest BCUT2D eigenvalue weighted by Crippen LogP contribution is -2.40. The molecule has 4 N–H and O–H groups in total. The number of nitrogens with one attached hydrogen (secondary N) is 1. The number of amides is 1. The Balaban J connectivity index is 4.36. The fraction of sp³-hybridized carbons (Fsp3) is 0.605. The van der Waals surface area contributed by atoms with E-state index in [4.69, 9.17) is 10.5 Å². The van der Waals surface area contributed by atoms with E-state index in [1.54, 1.807) is 0 Å². The van der Waals surface area contributed by atoms with Gasteiger partial charge in [0.05, 0.1) is 0 Å². The lowest BCUT2D eigenvalue weighted by molar-refractivity contribution is -0.147. The van der Waals surface area contributed by atoms with Crippen LogP contribution in [0.3, 0.4) is 0 Å². The summed E-state index contributed by atoms with van der Waals surface area (Å²) < 4.78 is 5.84. The van der Waals surface area contributed by atoms with Gasteiger partial charge in [-0.3, -0.25) is 9.59 Å². The number of hydrogen-bond donors (Lipinski definition) is 3. The van der Waals surface area contributed by atoms with Gasteiger partial charge in [-0.15, -0.1) is 0 Å². The molecule has 0 radical (unpaired) electrons. The Morgan fingerprint density at radius 2 is 1.18 bits per heavy atom. The van der Waals surface area contributed by atoms with E-state index in [1.807, 2.05) is 12.2 Å². The number of carboxylic acids is 1. The van der Waals surface area contributed by atoms with Crippen molar-refractivity contribution in [1.82, 2.24) is 5.32 Å². The fourth-order valence-electron chi connectivity index (χ4n) is 5.03. The lowest BCUT2D eigenvalue weighted by Gasteiger charge is -2.15. The number of allylic oxidation sites excluding steroid dienone is 13. The summed E-state index contributed by atoms with van der Waals surface area (Å²) in [5.74, 6) is -1.44. The average molecular weight is 695 g/mol. The first-order valence-electron chi connectivity index (χ1n) is 19.4. The van der Waals surface area contributed by atoms with Gasteiger partial charge in [-0.05, 0) is 103 Å². The Morgan fingerprint density at radius 1 is 0.620 bits per heavy atom. The van der Waals surface area contributed by atoms with E-state index in [-0.39, 0.29) is 18.0 Å². The van der Waals surface area contributed by atoms with E-state index in [2.05, 4.69) is 92.1 Å². The van der Waals surface area contributed by atoms with Crippen molar-refractivity contribution in [2.75, 3.05) is 6.54 Å². The molecule has 0 aliphatic carbocycles. The van der Waals surface area contributed by atoms with Crippen molar-refractivity contribution in [1.29, 1.82) is 0 Å². The second-order valence-corrected chi connectivity index (χ2v) is 12.6. The number of unbranched alkanes of at least 4 members (excludes halogenated alkanes) is 7. The summed E-state index contributed by atoms with van der Waals surface area (Å²) in [6, 6.07) is -0.880. The SMILES string of the molecule is CC/C=C\C/C=C\C/C=C\C/C=C\C/C=C\C/C=C\CCC(=O)OC(/C=C\CCCCCC)CCCCCCC(=O)NC(CCCN)C(=O)O. The summed E-state index contributed by atoms with van der Waals surface area (Å²) in [6.07, 6.45) is 47.9. The van der Waals surface area contributed by atoms with Crippen molar-refractivity contribution in [3.05, 3.63) is 85.1 Å². The summed E-state index contributed by atoms with van der Waals surface area (Å²) in [7, 11) is 0. The summed E-state index contributed by atoms with van der Waals surface area (Å²) >= 11 is 0. The molecule has 0 saturated carbocycles. The third-order valence-electron chi connectivity index (χ3n) is 7.94. The van der Waals surface area contributed by atoms with Crippen molar-refractivity contribution < 1.29 is 24.2 Å². The number of carbonyl (C=O) groups is 3. The lowest BCUT2D eigenvalue weighted by atomic mass is 10.1. The van der Waals surface area contributed by atoms with Crippen LogP contribution in [0.2, 0.25) is 0 Å². The molecule has 1 amide bonds. The number of ether oxygens (including phenoxy) is 1. The summed E-state index contributed by atoms with van der Waals surface area (Å²) in [4.78, 5) is 36.1. The number of aliphatic carboxylic acids is 1. The second kappa shape index (κ2) is 36.8. The molecule has 0 heterocycles. The molecule has 50 heavy (non-hydrogen) atoms. The van der Waals surface area contributed by atoms with Crippen molar-refractivity contribution in [2.45, 2.75) is 161 Å². The van der Waals surface area contributed by atoms with Gasteiger partial charge in [0.1, 0.15) is 12.1 Å². The highest BCUT2D eigenvalue weighted by Crippen LogP contribution is 2.14. The maximum absolute atomic E-state index is 12.6. The zero-order valence-electron chi connectivity index (χ0n) is 31.5. The Morgan fingerprint density at radius 3 is 1.74 bits per heavy atom. The van der Waals surface area contributed by atoms with Crippen molar-refractivity contribution in [3.8, 4) is 0 Å². The van der Waals surface area contributed by atoms with Crippen LogP contribution >= 0.6 is 0 Å². The van der Waals surface area contributed by atoms with E-state index >= 15 is 0 Å². The molecule has 0 aliphatic heterocycles. The van der Waals surface area contributed by atoms with E-state index in [0.717, 1.165) is 77.0 Å². The number of carboxylic acid groups (broad SMARTS) is 1. The fourth-order valence-corrected chi connectivity index (χ4v) is 5.03. The molecule has 0 saturated heterocycles. The van der Waals surface area contributed by atoms with Gasteiger partial charge in [0.2, 0.25) is 5.91 Å². The largest absolute Gasteiger partial charge is 0.480 e. The quantitative estimate of drug-likeness (QED) is 0.0357. The zero-order chi connectivity index (χ0) is 36.8. The Kier molecular flexibility index (Phi) is 34.3. The predicted molar refractivity (Wildman–Crippen MR) is 211 cm³/mol. The smallest absolute Gasteiger partial charge is 0.326 e. The summed E-state index contributed by atoms with van der Waals surface area (Å²) in [5.41, 5.74) is 5.46. The summed E-state index contributed by atoms with van der Waals surface area (Å²) in [6.45, 7) is 4.75. The molecule has 0 aromatic carbocycles. The van der Waals surface area contributed by atoms with Gasteiger partial charge in [0.15, 0.2) is 0 Å². The molecule has 0 bridgehead atoms. The van der Waals surface area contributed by atoms with Crippen molar-refractivity contribution >= 4 is 17.8 Å². The van der Waals surface area contributed by atoms with Gasteiger partial charge in [-0.1, -0.05) is 125 Å². The average Bonchev–Trinajstić information content (AvgIpc) is 3.10.